The second-order valence-corrected chi connectivity index (χ2v) is 5.40. The van der Waals surface area contributed by atoms with Crippen LogP contribution in [-0.4, -0.2) is 20.8 Å². The number of amides is 1. The van der Waals surface area contributed by atoms with E-state index in [1.165, 1.54) is 0 Å². The standard InChI is InChI=1S/C15H11N3O2S/c19-15(14-7-9-3-1-2-4-13(9)20-14)16-10-5-6-11-12(8-10)18-21-17-11/h1-6,8,14H,7H2,(H,16,19)/t14-/m0/s1. The molecule has 2 heterocycles. The first-order valence-electron chi connectivity index (χ1n) is 6.57. The fraction of sp³-hybridized carbons (Fsp3) is 0.133. The van der Waals surface area contributed by atoms with Gasteiger partial charge in [-0.2, -0.15) is 8.75 Å². The molecule has 1 amide bonds. The van der Waals surface area contributed by atoms with E-state index in [-0.39, 0.29) is 5.91 Å². The number of benzene rings is 2. The molecule has 6 heteroatoms. The van der Waals surface area contributed by atoms with Crippen LogP contribution in [0.3, 0.4) is 0 Å². The molecule has 1 aliphatic heterocycles. The topological polar surface area (TPSA) is 64.1 Å². The molecule has 0 saturated heterocycles. The van der Waals surface area contributed by atoms with E-state index in [1.807, 2.05) is 42.5 Å². The molecular weight excluding hydrogens is 286 g/mol. The lowest BCUT2D eigenvalue weighted by molar-refractivity contribution is -0.122. The molecule has 0 bridgehead atoms. The molecule has 0 saturated carbocycles. The minimum Gasteiger partial charge on any atom is -0.480 e. The Morgan fingerprint density at radius 2 is 2.05 bits per heavy atom. The molecule has 104 valence electrons. The molecule has 1 N–H and O–H groups in total. The predicted molar refractivity (Wildman–Crippen MR) is 80.6 cm³/mol. The minimum absolute atomic E-state index is 0.145. The highest BCUT2D eigenvalue weighted by molar-refractivity contribution is 7.00. The molecule has 0 aliphatic carbocycles. The molecule has 0 unspecified atom stereocenters. The molecule has 2 aromatic carbocycles. The van der Waals surface area contributed by atoms with Gasteiger partial charge in [0, 0.05) is 12.1 Å². The quantitative estimate of drug-likeness (QED) is 0.790. The van der Waals surface area contributed by atoms with Crippen molar-refractivity contribution in [2.75, 3.05) is 5.32 Å². The van der Waals surface area contributed by atoms with Crippen molar-refractivity contribution >= 4 is 34.4 Å². The second-order valence-electron chi connectivity index (χ2n) is 4.88. The van der Waals surface area contributed by atoms with Crippen LogP contribution in [0.2, 0.25) is 0 Å². The van der Waals surface area contributed by atoms with Gasteiger partial charge in [0.2, 0.25) is 0 Å². The summed E-state index contributed by atoms with van der Waals surface area (Å²) in [5.41, 5.74) is 3.40. The Balaban J connectivity index is 1.51. The van der Waals surface area contributed by atoms with Gasteiger partial charge in [0.15, 0.2) is 6.10 Å². The molecular formula is C15H11N3O2S. The van der Waals surface area contributed by atoms with E-state index in [0.717, 1.165) is 34.1 Å². The largest absolute Gasteiger partial charge is 0.480 e. The van der Waals surface area contributed by atoms with Gasteiger partial charge >= 0.3 is 0 Å². The zero-order valence-electron chi connectivity index (χ0n) is 10.9. The van der Waals surface area contributed by atoms with Crippen LogP contribution < -0.4 is 10.1 Å². The van der Waals surface area contributed by atoms with Gasteiger partial charge in [-0.05, 0) is 29.8 Å². The van der Waals surface area contributed by atoms with Crippen molar-refractivity contribution in [1.29, 1.82) is 0 Å². The number of carbonyl (C=O) groups is 1. The smallest absolute Gasteiger partial charge is 0.265 e. The number of para-hydroxylation sites is 1. The Kier molecular flexibility index (Phi) is 2.82. The van der Waals surface area contributed by atoms with Crippen molar-refractivity contribution in [3.8, 4) is 5.75 Å². The van der Waals surface area contributed by atoms with Crippen molar-refractivity contribution < 1.29 is 9.53 Å². The van der Waals surface area contributed by atoms with Gasteiger partial charge in [0.05, 0.1) is 11.7 Å². The summed E-state index contributed by atoms with van der Waals surface area (Å²) in [5, 5.41) is 2.87. The summed E-state index contributed by atoms with van der Waals surface area (Å²) < 4.78 is 14.0. The maximum absolute atomic E-state index is 12.3. The molecule has 21 heavy (non-hydrogen) atoms. The molecule has 4 rings (SSSR count). The lowest BCUT2D eigenvalue weighted by Gasteiger charge is -2.11. The average molecular weight is 297 g/mol. The zero-order valence-corrected chi connectivity index (χ0v) is 11.8. The highest BCUT2D eigenvalue weighted by Gasteiger charge is 2.28. The average Bonchev–Trinajstić information content (AvgIpc) is 3.13. The molecule has 0 spiro atoms. The van der Waals surface area contributed by atoms with Gasteiger partial charge in [0.25, 0.3) is 5.91 Å². The van der Waals surface area contributed by atoms with E-state index in [4.69, 9.17) is 4.74 Å². The monoisotopic (exact) mass is 297 g/mol. The maximum Gasteiger partial charge on any atom is 0.265 e. The van der Waals surface area contributed by atoms with Crippen LogP contribution in [0.5, 0.6) is 5.75 Å². The van der Waals surface area contributed by atoms with Gasteiger partial charge in [-0.3, -0.25) is 4.79 Å². The number of hydrogen-bond donors (Lipinski definition) is 1. The summed E-state index contributed by atoms with van der Waals surface area (Å²) in [6, 6.07) is 13.2. The third kappa shape index (κ3) is 2.23. The number of ether oxygens (including phenoxy) is 1. The summed E-state index contributed by atoms with van der Waals surface area (Å²) in [6.07, 6.45) is 0.120. The number of nitrogens with zero attached hydrogens (tertiary/aromatic N) is 2. The van der Waals surface area contributed by atoms with Gasteiger partial charge in [-0.25, -0.2) is 0 Å². The fourth-order valence-corrected chi connectivity index (χ4v) is 2.93. The fourth-order valence-electron chi connectivity index (χ4n) is 2.41. The van der Waals surface area contributed by atoms with E-state index in [1.54, 1.807) is 0 Å². The van der Waals surface area contributed by atoms with Crippen molar-refractivity contribution in [2.45, 2.75) is 12.5 Å². The number of nitrogens with one attached hydrogen (secondary N) is 1. The van der Waals surface area contributed by atoms with Crippen LogP contribution in [0, 0.1) is 0 Å². The van der Waals surface area contributed by atoms with E-state index in [0.29, 0.717) is 12.1 Å². The highest BCUT2D eigenvalue weighted by Crippen LogP contribution is 2.28. The van der Waals surface area contributed by atoms with E-state index >= 15 is 0 Å². The molecule has 1 atom stereocenters. The van der Waals surface area contributed by atoms with E-state index in [2.05, 4.69) is 14.1 Å². The Morgan fingerprint density at radius 1 is 1.19 bits per heavy atom. The van der Waals surface area contributed by atoms with Crippen molar-refractivity contribution in [1.82, 2.24) is 8.75 Å². The van der Waals surface area contributed by atoms with E-state index in [9.17, 15) is 4.79 Å². The van der Waals surface area contributed by atoms with Gasteiger partial charge in [-0.1, -0.05) is 18.2 Å². The summed E-state index contributed by atoms with van der Waals surface area (Å²) in [6.45, 7) is 0. The summed E-state index contributed by atoms with van der Waals surface area (Å²) >= 11 is 1.16. The van der Waals surface area contributed by atoms with Crippen LogP contribution in [0.4, 0.5) is 5.69 Å². The number of aromatic nitrogens is 2. The lowest BCUT2D eigenvalue weighted by Crippen LogP contribution is -2.31. The Labute approximate surface area is 124 Å². The molecule has 0 fully saturated rings. The lowest BCUT2D eigenvalue weighted by atomic mass is 10.1. The van der Waals surface area contributed by atoms with Crippen molar-refractivity contribution in [3.63, 3.8) is 0 Å². The highest BCUT2D eigenvalue weighted by atomic mass is 32.1. The molecule has 1 aliphatic rings. The SMILES string of the molecule is O=C(Nc1ccc2nsnc2c1)[C@@H]1Cc2ccccc2O1. The first kappa shape index (κ1) is 12.3. The van der Waals surface area contributed by atoms with Gasteiger partial charge in [0.1, 0.15) is 16.8 Å². The van der Waals surface area contributed by atoms with Crippen LogP contribution in [-0.2, 0) is 11.2 Å². The number of carbonyl (C=O) groups excluding carboxylic acids is 1. The number of fused-ring (bicyclic) bond motifs is 2. The molecule has 0 radical (unpaired) electrons. The minimum atomic E-state index is -0.480. The predicted octanol–water partition coefficient (Wildman–Crippen LogP) is 2.63. The van der Waals surface area contributed by atoms with Crippen LogP contribution in [0.1, 0.15) is 5.56 Å². The van der Waals surface area contributed by atoms with E-state index < -0.39 is 6.10 Å². The summed E-state index contributed by atoms with van der Waals surface area (Å²) in [5.74, 6) is 0.644. The number of rotatable bonds is 2. The number of anilines is 1. The third-order valence-electron chi connectivity index (χ3n) is 3.46. The summed E-state index contributed by atoms with van der Waals surface area (Å²) in [4.78, 5) is 12.3. The first-order chi connectivity index (χ1) is 10.3. The van der Waals surface area contributed by atoms with Gasteiger partial charge in [-0.15, -0.1) is 0 Å². The Bertz CT molecular complexity index is 805. The second kappa shape index (κ2) is 4.82. The zero-order chi connectivity index (χ0) is 14.2. The van der Waals surface area contributed by atoms with Gasteiger partial charge < -0.3 is 10.1 Å². The Hall–Kier alpha value is -2.47. The molecule has 3 aromatic rings. The first-order valence-corrected chi connectivity index (χ1v) is 7.30. The third-order valence-corrected chi connectivity index (χ3v) is 4.02. The normalized spacial score (nSPS) is 16.5. The maximum atomic E-state index is 12.3. The summed E-state index contributed by atoms with van der Waals surface area (Å²) in [7, 11) is 0. The number of hydrogen-bond acceptors (Lipinski definition) is 5. The van der Waals surface area contributed by atoms with Crippen molar-refractivity contribution in [3.05, 3.63) is 48.0 Å². The van der Waals surface area contributed by atoms with Crippen LogP contribution in [0.15, 0.2) is 42.5 Å². The molecule has 5 nitrogen and oxygen atoms in total. The van der Waals surface area contributed by atoms with Crippen LogP contribution >= 0.6 is 11.7 Å². The Morgan fingerprint density at radius 3 is 2.95 bits per heavy atom. The van der Waals surface area contributed by atoms with Crippen LogP contribution in [0.25, 0.3) is 11.0 Å². The van der Waals surface area contributed by atoms with Crippen molar-refractivity contribution in [2.24, 2.45) is 0 Å². The molecule has 1 aromatic heterocycles.